The first kappa shape index (κ1) is 35.9. The van der Waals surface area contributed by atoms with E-state index in [1.165, 1.54) is 4.90 Å². The number of hydrogen-bond acceptors (Lipinski definition) is 7. The van der Waals surface area contributed by atoms with Crippen molar-refractivity contribution in [1.82, 2.24) is 10.2 Å². The third kappa shape index (κ3) is 7.42. The average molecular weight is 749 g/mol. The molecule has 2 aliphatic rings. The Morgan fingerprint density at radius 1 is 0.736 bits per heavy atom. The van der Waals surface area contributed by atoms with Gasteiger partial charge < -0.3 is 19.7 Å². The third-order valence-corrected chi connectivity index (χ3v) is 11.8. The van der Waals surface area contributed by atoms with Gasteiger partial charge in [0.2, 0.25) is 5.91 Å². The van der Waals surface area contributed by atoms with Crippen molar-refractivity contribution in [2.75, 3.05) is 31.2 Å². The Kier molecular flexibility index (Phi) is 10.3. The molecule has 1 aliphatic heterocycles. The van der Waals surface area contributed by atoms with E-state index >= 15 is 0 Å². The number of rotatable bonds is 10. The Hall–Kier alpha value is -5.45. The van der Waals surface area contributed by atoms with Gasteiger partial charge in [0, 0.05) is 40.7 Å². The zero-order valence-corrected chi connectivity index (χ0v) is 30.3. The van der Waals surface area contributed by atoms with E-state index in [0.29, 0.717) is 21.7 Å². The lowest BCUT2D eigenvalue weighted by Gasteiger charge is -2.36. The third-order valence-electron chi connectivity index (χ3n) is 9.84. The Morgan fingerprint density at radius 3 is 1.81 bits per heavy atom. The molecule has 1 fully saturated rings. The number of halogens is 1. The van der Waals surface area contributed by atoms with Crippen molar-refractivity contribution < 1.29 is 32.3 Å². The number of carbonyl (C=O) groups excluding carboxylic acids is 3. The lowest BCUT2D eigenvalue weighted by Crippen LogP contribution is -2.54. The molecule has 5 aromatic carbocycles. The number of amides is 2. The number of fused-ring (bicyclic) bond motifs is 3. The summed E-state index contributed by atoms with van der Waals surface area (Å²) in [4.78, 5) is 43.2. The molecule has 5 aromatic rings. The predicted octanol–water partition coefficient (Wildman–Crippen LogP) is 6.73. The summed E-state index contributed by atoms with van der Waals surface area (Å²) >= 11 is 6.82. The molecule has 1 aliphatic carbocycles. The molecule has 9 nitrogen and oxygen atoms in total. The molecule has 0 saturated carbocycles. The Morgan fingerprint density at radius 2 is 1.25 bits per heavy atom. The normalized spacial score (nSPS) is 15.5. The van der Waals surface area contributed by atoms with Crippen LogP contribution in [0.15, 0.2) is 133 Å². The monoisotopic (exact) mass is 748 g/mol. The van der Waals surface area contributed by atoms with Gasteiger partial charge in [-0.05, 0) is 28.3 Å². The van der Waals surface area contributed by atoms with Crippen LogP contribution in [0.25, 0.3) is 11.1 Å². The van der Waals surface area contributed by atoms with Gasteiger partial charge >= 0.3 is 12.1 Å². The van der Waals surface area contributed by atoms with Gasteiger partial charge in [0.25, 0.3) is 0 Å². The maximum absolute atomic E-state index is 14.3. The molecular formula is C42H37ClN2O7S. The van der Waals surface area contributed by atoms with Crippen molar-refractivity contribution in [2.24, 2.45) is 0 Å². The standard InChI is InChI=1S/C42H37ClN2O7S/c43-37-22-12-11-21-36(37)42(29-13-3-1-4-14-29,30-15-5-2-6-16-30)52-39(46)27-38(40(47)45-23-25-53(49,50)26-24-45)44-41(48)51-28-35-33-19-9-7-17-31(33)32-18-8-10-20-34(32)35/h1-22,35,38H,23-28H2,(H,44,48)/t38-/m0/s1. The average Bonchev–Trinajstić information content (AvgIpc) is 3.50. The number of sulfone groups is 1. The molecule has 7 rings (SSSR count). The van der Waals surface area contributed by atoms with Crippen molar-refractivity contribution in [3.8, 4) is 11.1 Å². The summed E-state index contributed by atoms with van der Waals surface area (Å²) in [5.74, 6) is -2.10. The van der Waals surface area contributed by atoms with E-state index < -0.39 is 45.9 Å². The number of ether oxygens (including phenoxy) is 2. The number of nitrogens with one attached hydrogen (secondary N) is 1. The fourth-order valence-corrected chi connectivity index (χ4v) is 8.73. The van der Waals surface area contributed by atoms with Crippen LogP contribution in [-0.4, -0.2) is 68.5 Å². The van der Waals surface area contributed by atoms with E-state index in [2.05, 4.69) is 5.32 Å². The van der Waals surface area contributed by atoms with Gasteiger partial charge in [-0.1, -0.05) is 139 Å². The van der Waals surface area contributed by atoms with Crippen LogP contribution in [0.1, 0.15) is 40.2 Å². The molecule has 270 valence electrons. The summed E-state index contributed by atoms with van der Waals surface area (Å²) in [5, 5.41) is 2.98. The van der Waals surface area contributed by atoms with Gasteiger partial charge in [-0.15, -0.1) is 0 Å². The van der Waals surface area contributed by atoms with Crippen molar-refractivity contribution in [3.05, 3.63) is 166 Å². The molecule has 53 heavy (non-hydrogen) atoms. The van der Waals surface area contributed by atoms with Gasteiger partial charge in [-0.2, -0.15) is 0 Å². The molecule has 1 heterocycles. The van der Waals surface area contributed by atoms with Crippen LogP contribution in [0.2, 0.25) is 5.02 Å². The van der Waals surface area contributed by atoms with E-state index in [-0.39, 0.29) is 37.1 Å². The van der Waals surface area contributed by atoms with Gasteiger partial charge in [-0.3, -0.25) is 9.59 Å². The first-order chi connectivity index (χ1) is 25.7. The smallest absolute Gasteiger partial charge is 0.407 e. The number of hydrogen-bond donors (Lipinski definition) is 1. The van der Waals surface area contributed by atoms with Crippen molar-refractivity contribution in [2.45, 2.75) is 24.0 Å². The second-order valence-corrected chi connectivity index (χ2v) is 15.8. The van der Waals surface area contributed by atoms with Gasteiger partial charge in [0.05, 0.1) is 17.9 Å². The van der Waals surface area contributed by atoms with Crippen LogP contribution < -0.4 is 5.32 Å². The second-order valence-electron chi connectivity index (χ2n) is 13.1. The van der Waals surface area contributed by atoms with Crippen molar-refractivity contribution in [3.63, 3.8) is 0 Å². The lowest BCUT2D eigenvalue weighted by atomic mass is 9.80. The first-order valence-corrected chi connectivity index (χ1v) is 19.5. The maximum Gasteiger partial charge on any atom is 0.407 e. The number of esters is 1. The molecule has 0 aromatic heterocycles. The summed E-state index contributed by atoms with van der Waals surface area (Å²) in [6, 6.07) is 39.8. The van der Waals surface area contributed by atoms with Crippen LogP contribution in [0.4, 0.5) is 4.79 Å². The highest BCUT2D eigenvalue weighted by molar-refractivity contribution is 7.91. The zero-order chi connectivity index (χ0) is 37.0. The van der Waals surface area contributed by atoms with Crippen molar-refractivity contribution >= 4 is 39.4 Å². The van der Waals surface area contributed by atoms with Crippen LogP contribution in [0.5, 0.6) is 0 Å². The summed E-state index contributed by atoms with van der Waals surface area (Å²) in [6.45, 7) is -0.155. The highest BCUT2D eigenvalue weighted by Crippen LogP contribution is 2.45. The van der Waals surface area contributed by atoms with Gasteiger partial charge in [0.15, 0.2) is 15.4 Å². The molecule has 2 amide bonds. The number of benzene rings is 5. The van der Waals surface area contributed by atoms with Crippen molar-refractivity contribution in [1.29, 1.82) is 0 Å². The molecule has 11 heteroatoms. The number of carbonyl (C=O) groups is 3. The highest BCUT2D eigenvalue weighted by atomic mass is 35.5. The SMILES string of the molecule is O=C(C[C@H](NC(=O)OCC1c2ccccc2-c2ccccc21)C(=O)N1CCS(=O)(=O)CC1)OC(c1ccccc1)(c1ccccc1)c1ccccc1Cl. The summed E-state index contributed by atoms with van der Waals surface area (Å²) in [7, 11) is -3.32. The lowest BCUT2D eigenvalue weighted by molar-refractivity contribution is -0.156. The van der Waals surface area contributed by atoms with Crippen LogP contribution in [0, 0.1) is 0 Å². The Bertz CT molecular complexity index is 2150. The minimum atomic E-state index is -3.32. The summed E-state index contributed by atoms with van der Waals surface area (Å²) in [5.41, 5.74) is 4.35. The van der Waals surface area contributed by atoms with Crippen LogP contribution >= 0.6 is 11.6 Å². The largest absolute Gasteiger partial charge is 0.449 e. The Balaban J connectivity index is 1.17. The van der Waals surface area contributed by atoms with Crippen LogP contribution in [-0.2, 0) is 34.5 Å². The van der Waals surface area contributed by atoms with Crippen LogP contribution in [0.3, 0.4) is 0 Å². The minimum Gasteiger partial charge on any atom is -0.449 e. The zero-order valence-electron chi connectivity index (χ0n) is 28.7. The first-order valence-electron chi connectivity index (χ1n) is 17.3. The fraction of sp³-hybridized carbons (Fsp3) is 0.214. The highest BCUT2D eigenvalue weighted by Gasteiger charge is 2.43. The summed E-state index contributed by atoms with van der Waals surface area (Å²) in [6.07, 6.45) is -1.47. The minimum absolute atomic E-state index is 0.00912. The predicted molar refractivity (Wildman–Crippen MR) is 202 cm³/mol. The van der Waals surface area contributed by atoms with E-state index in [1.807, 2.05) is 109 Å². The summed E-state index contributed by atoms with van der Waals surface area (Å²) < 4.78 is 36.7. The number of alkyl carbamates (subject to hydrolysis) is 1. The fourth-order valence-electron chi connectivity index (χ4n) is 7.26. The number of nitrogens with zero attached hydrogens (tertiary/aromatic N) is 1. The molecule has 0 bridgehead atoms. The van der Waals surface area contributed by atoms with E-state index in [1.54, 1.807) is 24.3 Å². The second kappa shape index (κ2) is 15.3. The van der Waals surface area contributed by atoms with E-state index in [9.17, 15) is 22.8 Å². The molecular weight excluding hydrogens is 712 g/mol. The quantitative estimate of drug-likeness (QED) is 0.124. The van der Waals surface area contributed by atoms with E-state index in [4.69, 9.17) is 21.1 Å². The molecule has 0 spiro atoms. The molecule has 0 unspecified atom stereocenters. The van der Waals surface area contributed by atoms with Gasteiger partial charge in [0.1, 0.15) is 12.6 Å². The maximum atomic E-state index is 14.3. The topological polar surface area (TPSA) is 119 Å². The van der Waals surface area contributed by atoms with E-state index in [0.717, 1.165) is 22.3 Å². The molecule has 1 saturated heterocycles. The molecule has 1 N–H and O–H groups in total. The van der Waals surface area contributed by atoms with Gasteiger partial charge in [-0.25, -0.2) is 13.2 Å². The Labute approximate surface area is 313 Å². The molecule has 0 radical (unpaired) electrons. The molecule has 1 atom stereocenters.